The predicted molar refractivity (Wildman–Crippen MR) is 108 cm³/mol. The third-order valence-electron chi connectivity index (χ3n) is 4.01. The molecule has 1 N–H and O–H groups in total. The molecule has 3 nitrogen and oxygen atoms in total. The molecule has 2 aromatic carbocycles. The molecule has 2 heterocycles. The Hall–Kier alpha value is -2.50. The van der Waals surface area contributed by atoms with E-state index in [4.69, 9.17) is 17.2 Å². The van der Waals surface area contributed by atoms with Gasteiger partial charge in [0.25, 0.3) is 5.91 Å². The first-order valence-electron chi connectivity index (χ1n) is 7.82. The van der Waals surface area contributed by atoms with Crippen LogP contribution < -0.4 is 5.32 Å². The van der Waals surface area contributed by atoms with Gasteiger partial charge in [-0.25, -0.2) is 4.98 Å². The van der Waals surface area contributed by atoms with Gasteiger partial charge in [-0.3, -0.25) is 4.79 Å². The number of carbonyl (C=O) groups excluding carboxylic acids is 1. The monoisotopic (exact) mass is 362 g/mol. The van der Waals surface area contributed by atoms with Gasteiger partial charge in [0, 0.05) is 10.9 Å². The largest absolute Gasteiger partial charge is 0.307 e. The van der Waals surface area contributed by atoms with E-state index in [0.717, 1.165) is 33.3 Å². The van der Waals surface area contributed by atoms with Crippen molar-refractivity contribution in [2.45, 2.75) is 6.92 Å². The van der Waals surface area contributed by atoms with Crippen LogP contribution in [-0.4, -0.2) is 15.2 Å². The number of rotatable bonds is 2. The van der Waals surface area contributed by atoms with Crippen LogP contribution in [-0.2, 0) is 4.79 Å². The molecule has 4 rings (SSSR count). The Morgan fingerprint density at radius 1 is 1.12 bits per heavy atom. The molecule has 1 aliphatic rings. The highest BCUT2D eigenvalue weighted by Crippen LogP contribution is 2.29. The van der Waals surface area contributed by atoms with E-state index in [-0.39, 0.29) is 5.91 Å². The summed E-state index contributed by atoms with van der Waals surface area (Å²) in [5.74, 6) is -0.139. The molecule has 0 spiro atoms. The third-order valence-corrected chi connectivity index (χ3v) is 5.18. The fourth-order valence-corrected chi connectivity index (χ4v) is 3.91. The SMILES string of the molecule is Cc1cc2ccccc2nc1-c1cccc(/C=C2\SC(=S)NC2=O)c1. The summed E-state index contributed by atoms with van der Waals surface area (Å²) in [6.07, 6.45) is 1.86. The van der Waals surface area contributed by atoms with Crippen molar-refractivity contribution in [1.29, 1.82) is 0 Å². The second-order valence-electron chi connectivity index (χ2n) is 5.82. The Balaban J connectivity index is 1.77. The van der Waals surface area contributed by atoms with Crippen molar-refractivity contribution in [2.24, 2.45) is 0 Å². The summed E-state index contributed by atoms with van der Waals surface area (Å²) < 4.78 is 0.499. The number of amides is 1. The first-order valence-corrected chi connectivity index (χ1v) is 9.04. The minimum Gasteiger partial charge on any atom is -0.307 e. The zero-order chi connectivity index (χ0) is 17.4. The Labute approximate surface area is 155 Å². The lowest BCUT2D eigenvalue weighted by molar-refractivity contribution is -0.115. The molecule has 1 fully saturated rings. The first kappa shape index (κ1) is 16.0. The van der Waals surface area contributed by atoms with Gasteiger partial charge in [-0.05, 0) is 42.3 Å². The van der Waals surface area contributed by atoms with Crippen LogP contribution in [0.5, 0.6) is 0 Å². The molecular formula is C20H14N2OS2. The van der Waals surface area contributed by atoms with E-state index in [1.165, 1.54) is 11.8 Å². The molecule has 3 aromatic rings. The number of thiocarbonyl (C=S) groups is 1. The lowest BCUT2D eigenvalue weighted by Crippen LogP contribution is -2.17. The van der Waals surface area contributed by atoms with Gasteiger partial charge < -0.3 is 5.32 Å². The van der Waals surface area contributed by atoms with Crippen LogP contribution in [0.1, 0.15) is 11.1 Å². The molecule has 5 heteroatoms. The van der Waals surface area contributed by atoms with E-state index >= 15 is 0 Å². The van der Waals surface area contributed by atoms with E-state index in [9.17, 15) is 4.79 Å². The van der Waals surface area contributed by atoms with Crippen molar-refractivity contribution in [3.63, 3.8) is 0 Å². The molecule has 0 bridgehead atoms. The maximum atomic E-state index is 11.8. The standard InChI is InChI=1S/C20H14N2OS2/c1-12-9-14-6-2-3-8-16(14)21-18(12)15-7-4-5-13(10-15)11-17-19(23)22-20(24)25-17/h2-11H,1H3,(H,22,23,24)/b17-11-. The fourth-order valence-electron chi connectivity index (χ4n) is 2.86. The van der Waals surface area contributed by atoms with Crippen LogP contribution in [0.2, 0.25) is 0 Å². The van der Waals surface area contributed by atoms with Gasteiger partial charge in [0.05, 0.1) is 16.1 Å². The molecule has 0 aliphatic carbocycles. The summed E-state index contributed by atoms with van der Waals surface area (Å²) in [5.41, 5.74) is 5.04. The van der Waals surface area contributed by atoms with Crippen LogP contribution in [0.25, 0.3) is 28.2 Å². The summed E-state index contributed by atoms with van der Waals surface area (Å²) in [6, 6.07) is 18.3. The van der Waals surface area contributed by atoms with Crippen molar-refractivity contribution < 1.29 is 4.79 Å². The first-order chi connectivity index (χ1) is 12.1. The molecule has 0 saturated carbocycles. The number of thioether (sulfide) groups is 1. The van der Waals surface area contributed by atoms with Crippen LogP contribution >= 0.6 is 24.0 Å². The molecule has 25 heavy (non-hydrogen) atoms. The van der Waals surface area contributed by atoms with Gasteiger partial charge in [-0.2, -0.15) is 0 Å². The minimum absolute atomic E-state index is 0.139. The smallest absolute Gasteiger partial charge is 0.263 e. The van der Waals surface area contributed by atoms with Crippen molar-refractivity contribution in [3.8, 4) is 11.3 Å². The number of aromatic nitrogens is 1. The van der Waals surface area contributed by atoms with Gasteiger partial charge in [-0.1, -0.05) is 60.4 Å². The second kappa shape index (κ2) is 6.43. The number of benzene rings is 2. The number of pyridine rings is 1. The Morgan fingerprint density at radius 2 is 1.96 bits per heavy atom. The number of nitrogens with one attached hydrogen (secondary N) is 1. The average molecular weight is 362 g/mol. The lowest BCUT2D eigenvalue weighted by Gasteiger charge is -2.08. The van der Waals surface area contributed by atoms with Gasteiger partial charge in [0.2, 0.25) is 0 Å². The maximum absolute atomic E-state index is 11.8. The molecule has 0 radical (unpaired) electrons. The molecular weight excluding hydrogens is 348 g/mol. The summed E-state index contributed by atoms with van der Waals surface area (Å²) >= 11 is 6.33. The number of hydrogen-bond donors (Lipinski definition) is 1. The highest BCUT2D eigenvalue weighted by Gasteiger charge is 2.21. The van der Waals surface area contributed by atoms with Gasteiger partial charge >= 0.3 is 0 Å². The second-order valence-corrected chi connectivity index (χ2v) is 7.54. The topological polar surface area (TPSA) is 42.0 Å². The molecule has 0 unspecified atom stereocenters. The zero-order valence-electron chi connectivity index (χ0n) is 13.4. The summed E-state index contributed by atoms with van der Waals surface area (Å²) in [7, 11) is 0. The number of aryl methyl sites for hydroxylation is 1. The number of fused-ring (bicyclic) bond motifs is 1. The van der Waals surface area contributed by atoms with Crippen LogP contribution in [0.3, 0.4) is 0 Å². The number of para-hydroxylation sites is 1. The fraction of sp³-hybridized carbons (Fsp3) is 0.0500. The molecule has 1 aliphatic heterocycles. The third kappa shape index (κ3) is 3.21. The van der Waals surface area contributed by atoms with E-state index in [1.807, 2.05) is 48.5 Å². The normalized spacial score (nSPS) is 15.8. The van der Waals surface area contributed by atoms with Crippen molar-refractivity contribution in [1.82, 2.24) is 10.3 Å². The van der Waals surface area contributed by atoms with Gasteiger partial charge in [0.15, 0.2) is 0 Å². The van der Waals surface area contributed by atoms with E-state index < -0.39 is 0 Å². The van der Waals surface area contributed by atoms with Crippen LogP contribution in [0.4, 0.5) is 0 Å². The Morgan fingerprint density at radius 3 is 2.76 bits per heavy atom. The quantitative estimate of drug-likeness (QED) is 0.530. The van der Waals surface area contributed by atoms with E-state index in [0.29, 0.717) is 9.23 Å². The number of nitrogens with zero attached hydrogens (tertiary/aromatic N) is 1. The summed E-state index contributed by atoms with van der Waals surface area (Å²) in [6.45, 7) is 2.07. The van der Waals surface area contributed by atoms with Crippen molar-refractivity contribution >= 4 is 51.2 Å². The average Bonchev–Trinajstić information content (AvgIpc) is 2.91. The Kier molecular flexibility index (Phi) is 4.11. The Bertz CT molecular complexity index is 1060. The minimum atomic E-state index is -0.139. The molecule has 122 valence electrons. The van der Waals surface area contributed by atoms with Crippen LogP contribution in [0.15, 0.2) is 59.5 Å². The molecule has 1 amide bonds. The highest BCUT2D eigenvalue weighted by molar-refractivity contribution is 8.26. The molecule has 1 aromatic heterocycles. The zero-order valence-corrected chi connectivity index (χ0v) is 15.1. The predicted octanol–water partition coefficient (Wildman–Crippen LogP) is 4.70. The van der Waals surface area contributed by atoms with Crippen LogP contribution in [0, 0.1) is 6.92 Å². The van der Waals surface area contributed by atoms with Crippen molar-refractivity contribution in [3.05, 3.63) is 70.6 Å². The van der Waals surface area contributed by atoms with Crippen molar-refractivity contribution in [2.75, 3.05) is 0 Å². The van der Waals surface area contributed by atoms with E-state index in [1.54, 1.807) is 0 Å². The highest BCUT2D eigenvalue weighted by atomic mass is 32.2. The number of hydrogen-bond acceptors (Lipinski definition) is 4. The van der Waals surface area contributed by atoms with E-state index in [2.05, 4.69) is 24.4 Å². The lowest BCUT2D eigenvalue weighted by atomic mass is 10.0. The molecule has 0 atom stereocenters. The molecule has 1 saturated heterocycles. The van der Waals surface area contributed by atoms with Gasteiger partial charge in [0.1, 0.15) is 4.32 Å². The maximum Gasteiger partial charge on any atom is 0.263 e. The number of carbonyl (C=O) groups is 1. The summed E-state index contributed by atoms with van der Waals surface area (Å²) in [4.78, 5) is 17.3. The van der Waals surface area contributed by atoms with Gasteiger partial charge in [-0.15, -0.1) is 0 Å². The summed E-state index contributed by atoms with van der Waals surface area (Å²) in [5, 5.41) is 3.77.